The normalized spacial score (nSPS) is 33.3. The maximum Gasteiger partial charge on any atom is 0.311 e. The summed E-state index contributed by atoms with van der Waals surface area (Å²) in [6.07, 6.45) is 3.36. The number of cyclic esters (lactones) is 1. The van der Waals surface area contributed by atoms with Crippen molar-refractivity contribution >= 4 is 5.97 Å². The van der Waals surface area contributed by atoms with Gasteiger partial charge in [0.1, 0.15) is 11.7 Å². The van der Waals surface area contributed by atoms with Gasteiger partial charge in [-0.3, -0.25) is 4.79 Å². The van der Waals surface area contributed by atoms with Crippen LogP contribution in [0.4, 0.5) is 0 Å². The first-order chi connectivity index (χ1) is 11.1. The second kappa shape index (κ2) is 7.02. The number of ether oxygens (including phenoxy) is 3. The number of esters is 1. The van der Waals surface area contributed by atoms with Crippen molar-refractivity contribution in [2.45, 2.75) is 63.9 Å². The third kappa shape index (κ3) is 3.75. The summed E-state index contributed by atoms with van der Waals surface area (Å²) in [5.41, 5.74) is 0.865. The lowest BCUT2D eigenvalue weighted by atomic mass is 9.90. The molecule has 1 aromatic carbocycles. The first-order valence-electron chi connectivity index (χ1n) is 8.58. The largest absolute Gasteiger partial charge is 0.459 e. The van der Waals surface area contributed by atoms with Crippen molar-refractivity contribution in [1.29, 1.82) is 0 Å². The summed E-state index contributed by atoms with van der Waals surface area (Å²) in [5.74, 6) is -0.254. The molecule has 0 spiro atoms. The van der Waals surface area contributed by atoms with Crippen LogP contribution >= 0.6 is 0 Å². The SMILES string of the molecule is C[C@H]1OC(=O)[C@@H](CCCOCc2ccccc2)[C@H]2CC[C@]1(C)O2. The molecule has 2 fully saturated rings. The lowest BCUT2D eigenvalue weighted by molar-refractivity contribution is -0.157. The van der Waals surface area contributed by atoms with E-state index >= 15 is 0 Å². The van der Waals surface area contributed by atoms with Gasteiger partial charge in [-0.15, -0.1) is 0 Å². The predicted molar refractivity (Wildman–Crippen MR) is 86.9 cm³/mol. The second-order valence-electron chi connectivity index (χ2n) is 6.87. The Balaban J connectivity index is 1.45. The number of carbonyl (C=O) groups is 1. The Morgan fingerprint density at radius 3 is 2.87 bits per heavy atom. The van der Waals surface area contributed by atoms with E-state index in [1.807, 2.05) is 25.1 Å². The zero-order chi connectivity index (χ0) is 16.3. The maximum absolute atomic E-state index is 12.3. The molecule has 4 heteroatoms. The molecular weight excluding hydrogens is 292 g/mol. The molecule has 0 amide bonds. The Hall–Kier alpha value is -1.39. The number of benzene rings is 1. The lowest BCUT2D eigenvalue weighted by Gasteiger charge is -2.28. The molecule has 2 bridgehead atoms. The highest BCUT2D eigenvalue weighted by atomic mass is 16.6. The quantitative estimate of drug-likeness (QED) is 0.595. The van der Waals surface area contributed by atoms with Crippen molar-refractivity contribution in [3.63, 3.8) is 0 Å². The number of rotatable bonds is 6. The Kier molecular flexibility index (Phi) is 5.02. The summed E-state index contributed by atoms with van der Waals surface area (Å²) in [6, 6.07) is 10.1. The van der Waals surface area contributed by atoms with E-state index in [0.717, 1.165) is 25.7 Å². The van der Waals surface area contributed by atoms with Crippen LogP contribution in [0, 0.1) is 5.92 Å². The van der Waals surface area contributed by atoms with Crippen LogP contribution in [0.25, 0.3) is 0 Å². The standard InChI is InChI=1S/C19H26O4/c1-14-19(2)11-10-17(23-19)16(18(20)22-14)9-6-12-21-13-15-7-4-3-5-8-15/h3-5,7-8,14,16-17H,6,9-13H2,1-2H3/t14-,16+,17-,19+/m1/s1. The molecule has 1 aromatic rings. The number of hydrogen-bond donors (Lipinski definition) is 0. The third-order valence-electron chi connectivity index (χ3n) is 5.17. The summed E-state index contributed by atoms with van der Waals surface area (Å²) in [7, 11) is 0. The van der Waals surface area contributed by atoms with Crippen LogP contribution in [-0.4, -0.2) is 30.4 Å². The Morgan fingerprint density at radius 1 is 1.30 bits per heavy atom. The molecule has 0 radical (unpaired) electrons. The fourth-order valence-corrected chi connectivity index (χ4v) is 3.49. The van der Waals surface area contributed by atoms with Crippen LogP contribution in [0.1, 0.15) is 45.1 Å². The van der Waals surface area contributed by atoms with Gasteiger partial charge in [-0.1, -0.05) is 30.3 Å². The highest BCUT2D eigenvalue weighted by molar-refractivity contribution is 5.74. The molecule has 2 heterocycles. The molecule has 2 saturated heterocycles. The van der Waals surface area contributed by atoms with Gasteiger partial charge in [0, 0.05) is 6.61 Å². The van der Waals surface area contributed by atoms with Crippen LogP contribution in [0.2, 0.25) is 0 Å². The predicted octanol–water partition coefficient (Wildman–Crippen LogP) is 3.48. The Labute approximate surface area is 138 Å². The van der Waals surface area contributed by atoms with Crippen LogP contribution in [-0.2, 0) is 25.6 Å². The molecule has 126 valence electrons. The van der Waals surface area contributed by atoms with Gasteiger partial charge in [0.2, 0.25) is 0 Å². The molecule has 0 unspecified atom stereocenters. The summed E-state index contributed by atoms with van der Waals surface area (Å²) in [4.78, 5) is 12.3. The summed E-state index contributed by atoms with van der Waals surface area (Å²) in [6.45, 7) is 5.26. The van der Waals surface area contributed by atoms with Crippen molar-refractivity contribution < 1.29 is 19.0 Å². The molecule has 0 N–H and O–H groups in total. The first-order valence-corrected chi connectivity index (χ1v) is 8.58. The summed E-state index contributed by atoms with van der Waals surface area (Å²) < 4.78 is 17.4. The van der Waals surface area contributed by atoms with E-state index in [2.05, 4.69) is 19.1 Å². The van der Waals surface area contributed by atoms with E-state index < -0.39 is 0 Å². The topological polar surface area (TPSA) is 44.8 Å². The van der Waals surface area contributed by atoms with E-state index in [1.54, 1.807) is 0 Å². The van der Waals surface area contributed by atoms with Gasteiger partial charge in [-0.2, -0.15) is 0 Å². The molecule has 2 aliphatic rings. The van der Waals surface area contributed by atoms with Gasteiger partial charge in [-0.25, -0.2) is 0 Å². The smallest absolute Gasteiger partial charge is 0.311 e. The van der Waals surface area contributed by atoms with Gasteiger partial charge >= 0.3 is 5.97 Å². The third-order valence-corrected chi connectivity index (χ3v) is 5.17. The molecule has 0 aliphatic carbocycles. The van der Waals surface area contributed by atoms with Crippen molar-refractivity contribution in [2.24, 2.45) is 5.92 Å². The van der Waals surface area contributed by atoms with E-state index in [-0.39, 0.29) is 29.7 Å². The van der Waals surface area contributed by atoms with Crippen LogP contribution < -0.4 is 0 Å². The monoisotopic (exact) mass is 318 g/mol. The Morgan fingerprint density at radius 2 is 2.09 bits per heavy atom. The minimum Gasteiger partial charge on any atom is -0.459 e. The van der Waals surface area contributed by atoms with Gasteiger partial charge in [-0.05, 0) is 45.1 Å². The van der Waals surface area contributed by atoms with Crippen LogP contribution in [0.3, 0.4) is 0 Å². The molecule has 0 aromatic heterocycles. The molecule has 0 saturated carbocycles. The summed E-state index contributed by atoms with van der Waals surface area (Å²) >= 11 is 0. The number of hydrogen-bond acceptors (Lipinski definition) is 4. The van der Waals surface area contributed by atoms with Crippen molar-refractivity contribution in [2.75, 3.05) is 6.61 Å². The minimum absolute atomic E-state index is 0.00609. The molecule has 2 aliphatic heterocycles. The van der Waals surface area contributed by atoms with E-state index in [4.69, 9.17) is 14.2 Å². The lowest BCUT2D eigenvalue weighted by Crippen LogP contribution is -2.38. The zero-order valence-electron chi connectivity index (χ0n) is 14.0. The fourth-order valence-electron chi connectivity index (χ4n) is 3.49. The van der Waals surface area contributed by atoms with Gasteiger partial charge in [0.15, 0.2) is 0 Å². The molecule has 23 heavy (non-hydrogen) atoms. The minimum atomic E-state index is -0.307. The fraction of sp³-hybridized carbons (Fsp3) is 0.632. The number of carbonyl (C=O) groups excluding carboxylic acids is 1. The van der Waals surface area contributed by atoms with Crippen LogP contribution in [0.15, 0.2) is 30.3 Å². The second-order valence-corrected chi connectivity index (χ2v) is 6.87. The Bertz CT molecular complexity index is 529. The zero-order valence-corrected chi connectivity index (χ0v) is 14.0. The highest BCUT2D eigenvalue weighted by Crippen LogP contribution is 2.41. The van der Waals surface area contributed by atoms with Gasteiger partial charge < -0.3 is 14.2 Å². The van der Waals surface area contributed by atoms with Crippen LogP contribution in [0.5, 0.6) is 0 Å². The average Bonchev–Trinajstić information content (AvgIpc) is 2.91. The average molecular weight is 318 g/mol. The molecule has 3 rings (SSSR count). The number of fused-ring (bicyclic) bond motifs is 2. The maximum atomic E-state index is 12.3. The summed E-state index contributed by atoms with van der Waals surface area (Å²) in [5, 5.41) is 0. The molecular formula is C19H26O4. The van der Waals surface area contributed by atoms with E-state index in [1.165, 1.54) is 5.56 Å². The van der Waals surface area contributed by atoms with Crippen molar-refractivity contribution in [3.05, 3.63) is 35.9 Å². The van der Waals surface area contributed by atoms with E-state index in [0.29, 0.717) is 13.2 Å². The molecule has 4 atom stereocenters. The highest BCUT2D eigenvalue weighted by Gasteiger charge is 2.50. The van der Waals surface area contributed by atoms with Crippen molar-refractivity contribution in [1.82, 2.24) is 0 Å². The van der Waals surface area contributed by atoms with Gasteiger partial charge in [0.05, 0.1) is 18.6 Å². The van der Waals surface area contributed by atoms with E-state index in [9.17, 15) is 4.79 Å². The first kappa shape index (κ1) is 16.5. The molecule has 4 nitrogen and oxygen atoms in total. The van der Waals surface area contributed by atoms with Gasteiger partial charge in [0.25, 0.3) is 0 Å². The van der Waals surface area contributed by atoms with Crippen molar-refractivity contribution in [3.8, 4) is 0 Å².